The second-order valence-corrected chi connectivity index (χ2v) is 5.52. The summed E-state index contributed by atoms with van der Waals surface area (Å²) in [6, 6.07) is 15.3. The molecule has 1 atom stereocenters. The Bertz CT molecular complexity index is 575. The van der Waals surface area contributed by atoms with Crippen molar-refractivity contribution in [1.29, 1.82) is 0 Å². The van der Waals surface area contributed by atoms with E-state index < -0.39 is 0 Å². The molecule has 1 N–H and O–H groups in total. The molecule has 0 radical (unpaired) electrons. The second kappa shape index (κ2) is 7.28. The zero-order valence-corrected chi connectivity index (χ0v) is 13.4. The van der Waals surface area contributed by atoms with Crippen LogP contribution in [0.3, 0.4) is 0 Å². The maximum Gasteiger partial charge on any atom is 0.122 e. The van der Waals surface area contributed by atoms with Crippen LogP contribution < -0.4 is 10.1 Å². The number of ether oxygens (including phenoxy) is 1. The molecule has 0 aliphatic heterocycles. The summed E-state index contributed by atoms with van der Waals surface area (Å²) in [6.45, 7) is 6.98. The second-order valence-electron chi connectivity index (χ2n) is 5.52. The molecule has 112 valence electrons. The van der Waals surface area contributed by atoms with Crippen LogP contribution in [-0.4, -0.2) is 13.7 Å². The van der Waals surface area contributed by atoms with Crippen LogP contribution in [-0.2, 0) is 6.42 Å². The van der Waals surface area contributed by atoms with Gasteiger partial charge in [-0.25, -0.2) is 0 Å². The predicted molar refractivity (Wildman–Crippen MR) is 89.0 cm³/mol. The van der Waals surface area contributed by atoms with E-state index in [1.165, 1.54) is 22.3 Å². The number of likely N-dealkylation sites (N-methyl/N-ethyl adjacent to an activating group) is 1. The first kappa shape index (κ1) is 15.6. The van der Waals surface area contributed by atoms with E-state index in [0.29, 0.717) is 6.61 Å². The van der Waals surface area contributed by atoms with Gasteiger partial charge in [0.25, 0.3) is 0 Å². The Balaban J connectivity index is 2.06. The van der Waals surface area contributed by atoms with Gasteiger partial charge in [0, 0.05) is 0 Å². The maximum absolute atomic E-state index is 6.02. The van der Waals surface area contributed by atoms with Gasteiger partial charge in [0.2, 0.25) is 0 Å². The number of rotatable bonds is 6. The quantitative estimate of drug-likeness (QED) is 0.857. The maximum atomic E-state index is 6.02. The van der Waals surface area contributed by atoms with E-state index in [1.54, 1.807) is 0 Å². The SMILES string of the molecule is CCc1ccc(C(COc2cc(C)ccc2C)NC)cc1. The van der Waals surface area contributed by atoms with Gasteiger partial charge < -0.3 is 10.1 Å². The molecule has 0 saturated heterocycles. The van der Waals surface area contributed by atoms with Gasteiger partial charge >= 0.3 is 0 Å². The molecular weight excluding hydrogens is 258 g/mol. The van der Waals surface area contributed by atoms with E-state index in [0.717, 1.165) is 12.2 Å². The molecule has 0 amide bonds. The minimum absolute atomic E-state index is 0.204. The summed E-state index contributed by atoms with van der Waals surface area (Å²) in [4.78, 5) is 0. The standard InChI is InChI=1S/C19H25NO/c1-5-16-8-10-17(11-9-16)18(20-4)13-21-19-12-14(2)6-7-15(19)3/h6-12,18,20H,5,13H2,1-4H3. The van der Waals surface area contributed by atoms with E-state index in [1.807, 2.05) is 7.05 Å². The third kappa shape index (κ3) is 4.08. The molecule has 0 aliphatic rings. The Labute approximate surface area is 128 Å². The van der Waals surface area contributed by atoms with E-state index in [2.05, 4.69) is 68.6 Å². The lowest BCUT2D eigenvalue weighted by molar-refractivity contribution is 0.271. The minimum Gasteiger partial charge on any atom is -0.491 e. The molecule has 0 aliphatic carbocycles. The molecule has 1 unspecified atom stereocenters. The summed E-state index contributed by atoms with van der Waals surface area (Å²) in [5, 5.41) is 3.34. The van der Waals surface area contributed by atoms with E-state index in [9.17, 15) is 0 Å². The number of hydrogen-bond donors (Lipinski definition) is 1. The third-order valence-electron chi connectivity index (χ3n) is 3.89. The van der Waals surface area contributed by atoms with E-state index in [4.69, 9.17) is 4.74 Å². The summed E-state index contributed by atoms with van der Waals surface area (Å²) in [5.74, 6) is 0.973. The molecule has 0 spiro atoms. The fourth-order valence-corrected chi connectivity index (χ4v) is 2.37. The van der Waals surface area contributed by atoms with Crippen LogP contribution in [0.25, 0.3) is 0 Å². The average molecular weight is 283 g/mol. The number of hydrogen-bond acceptors (Lipinski definition) is 2. The summed E-state index contributed by atoms with van der Waals surface area (Å²) < 4.78 is 6.02. The van der Waals surface area contributed by atoms with Crippen molar-refractivity contribution in [2.24, 2.45) is 0 Å². The topological polar surface area (TPSA) is 21.3 Å². The molecule has 0 saturated carbocycles. The zero-order valence-electron chi connectivity index (χ0n) is 13.4. The van der Waals surface area contributed by atoms with Gasteiger partial charge in [-0.05, 0) is 55.6 Å². The third-order valence-corrected chi connectivity index (χ3v) is 3.89. The van der Waals surface area contributed by atoms with Gasteiger partial charge in [0.05, 0.1) is 6.04 Å². The van der Waals surface area contributed by atoms with Crippen LogP contribution in [0.4, 0.5) is 0 Å². The lowest BCUT2D eigenvalue weighted by atomic mass is 10.0. The number of nitrogens with one attached hydrogen (secondary N) is 1. The lowest BCUT2D eigenvalue weighted by Crippen LogP contribution is -2.23. The Morgan fingerprint density at radius 3 is 2.38 bits per heavy atom. The predicted octanol–water partition coefficient (Wildman–Crippen LogP) is 4.21. The fourth-order valence-electron chi connectivity index (χ4n) is 2.37. The molecule has 2 aromatic rings. The van der Waals surface area contributed by atoms with Crippen LogP contribution in [0.2, 0.25) is 0 Å². The normalized spacial score (nSPS) is 12.2. The van der Waals surface area contributed by atoms with Crippen molar-refractivity contribution in [3.05, 3.63) is 64.7 Å². The number of benzene rings is 2. The summed E-state index contributed by atoms with van der Waals surface area (Å²) in [7, 11) is 1.98. The van der Waals surface area contributed by atoms with Crippen molar-refractivity contribution < 1.29 is 4.74 Å². The van der Waals surface area contributed by atoms with Crippen molar-refractivity contribution in [3.8, 4) is 5.75 Å². The van der Waals surface area contributed by atoms with E-state index in [-0.39, 0.29) is 6.04 Å². The molecule has 2 aromatic carbocycles. The van der Waals surface area contributed by atoms with Crippen molar-refractivity contribution in [3.63, 3.8) is 0 Å². The lowest BCUT2D eigenvalue weighted by Gasteiger charge is -2.19. The minimum atomic E-state index is 0.204. The van der Waals surface area contributed by atoms with Gasteiger partial charge in [-0.2, -0.15) is 0 Å². The van der Waals surface area contributed by atoms with Crippen molar-refractivity contribution in [1.82, 2.24) is 5.32 Å². The van der Waals surface area contributed by atoms with Gasteiger partial charge in [0.1, 0.15) is 12.4 Å². The zero-order chi connectivity index (χ0) is 15.2. The van der Waals surface area contributed by atoms with Crippen molar-refractivity contribution in [2.45, 2.75) is 33.2 Å². The highest BCUT2D eigenvalue weighted by Gasteiger charge is 2.11. The Morgan fingerprint density at radius 2 is 1.76 bits per heavy atom. The molecule has 21 heavy (non-hydrogen) atoms. The smallest absolute Gasteiger partial charge is 0.122 e. The Kier molecular flexibility index (Phi) is 5.40. The molecule has 2 rings (SSSR count). The van der Waals surface area contributed by atoms with Gasteiger partial charge in [-0.3, -0.25) is 0 Å². The summed E-state index contributed by atoms with van der Waals surface area (Å²) in [6.07, 6.45) is 1.07. The number of aryl methyl sites for hydroxylation is 3. The van der Waals surface area contributed by atoms with Crippen LogP contribution in [0.5, 0.6) is 5.75 Å². The van der Waals surface area contributed by atoms with Gasteiger partial charge in [0.15, 0.2) is 0 Å². The molecule has 2 nitrogen and oxygen atoms in total. The molecule has 0 aromatic heterocycles. The Hall–Kier alpha value is -1.80. The molecular formula is C19H25NO. The first-order valence-electron chi connectivity index (χ1n) is 7.60. The summed E-state index contributed by atoms with van der Waals surface area (Å²) in [5.41, 5.74) is 5.03. The summed E-state index contributed by atoms with van der Waals surface area (Å²) >= 11 is 0. The molecule has 0 fully saturated rings. The van der Waals surface area contributed by atoms with Gasteiger partial charge in [-0.15, -0.1) is 0 Å². The average Bonchev–Trinajstić information content (AvgIpc) is 2.51. The Morgan fingerprint density at radius 1 is 1.05 bits per heavy atom. The highest BCUT2D eigenvalue weighted by atomic mass is 16.5. The van der Waals surface area contributed by atoms with Crippen LogP contribution in [0, 0.1) is 13.8 Å². The van der Waals surface area contributed by atoms with Gasteiger partial charge in [-0.1, -0.05) is 43.3 Å². The van der Waals surface area contributed by atoms with Crippen LogP contribution in [0.1, 0.15) is 35.2 Å². The largest absolute Gasteiger partial charge is 0.491 e. The van der Waals surface area contributed by atoms with Crippen LogP contribution >= 0.6 is 0 Å². The first-order chi connectivity index (χ1) is 10.1. The van der Waals surface area contributed by atoms with E-state index >= 15 is 0 Å². The monoisotopic (exact) mass is 283 g/mol. The van der Waals surface area contributed by atoms with Crippen LogP contribution in [0.15, 0.2) is 42.5 Å². The van der Waals surface area contributed by atoms with Crippen molar-refractivity contribution >= 4 is 0 Å². The fraction of sp³-hybridized carbons (Fsp3) is 0.368. The van der Waals surface area contributed by atoms with Crippen molar-refractivity contribution in [2.75, 3.05) is 13.7 Å². The first-order valence-corrected chi connectivity index (χ1v) is 7.60. The molecule has 0 heterocycles. The highest BCUT2D eigenvalue weighted by molar-refractivity contribution is 5.36. The molecule has 2 heteroatoms. The highest BCUT2D eigenvalue weighted by Crippen LogP contribution is 2.21. The molecule has 0 bridgehead atoms.